The number of sulfone groups is 1. The number of anilines is 2. The molecule has 4 N–H and O–H groups in total. The van der Waals surface area contributed by atoms with Gasteiger partial charge in [0.1, 0.15) is 5.82 Å². The molecule has 0 saturated carbocycles. The minimum Gasteiger partial charge on any atom is -0.370 e. The van der Waals surface area contributed by atoms with Crippen LogP contribution in [0.25, 0.3) is 11.3 Å². The van der Waals surface area contributed by atoms with Gasteiger partial charge in [-0.15, -0.1) is 0 Å². The Morgan fingerprint density at radius 2 is 1.61 bits per heavy atom. The molecule has 176 valence electrons. The van der Waals surface area contributed by atoms with Crippen LogP contribution in [0, 0.1) is 13.8 Å². The lowest BCUT2D eigenvalue weighted by Gasteiger charge is -2.12. The Kier molecular flexibility index (Phi) is 7.35. The highest BCUT2D eigenvalue weighted by Gasteiger charge is 2.16. The Morgan fingerprint density at radius 3 is 2.33 bits per heavy atom. The van der Waals surface area contributed by atoms with Gasteiger partial charge < -0.3 is 11.1 Å². The number of aryl methyl sites for hydroxylation is 1. The fourth-order valence-corrected chi connectivity index (χ4v) is 5.05. The summed E-state index contributed by atoms with van der Waals surface area (Å²) in [7, 11) is -7.34. The van der Waals surface area contributed by atoms with E-state index < -0.39 is 19.9 Å². The highest BCUT2D eigenvalue weighted by Crippen LogP contribution is 2.26. The minimum absolute atomic E-state index is 0.0481. The molecule has 33 heavy (non-hydrogen) atoms. The van der Waals surface area contributed by atoms with E-state index in [9.17, 15) is 16.8 Å². The lowest BCUT2D eigenvalue weighted by Crippen LogP contribution is -2.26. The Balaban J connectivity index is 1.60. The zero-order valence-electron chi connectivity index (χ0n) is 18.7. The molecule has 0 atom stereocenters. The van der Waals surface area contributed by atoms with Gasteiger partial charge in [0.05, 0.1) is 15.5 Å². The van der Waals surface area contributed by atoms with E-state index >= 15 is 0 Å². The summed E-state index contributed by atoms with van der Waals surface area (Å²) in [5.41, 5.74) is 9.81. The van der Waals surface area contributed by atoms with E-state index in [4.69, 9.17) is 5.73 Å². The van der Waals surface area contributed by atoms with Crippen molar-refractivity contribution < 1.29 is 16.8 Å². The topological polar surface area (TPSA) is 144 Å². The second-order valence-electron chi connectivity index (χ2n) is 7.67. The van der Waals surface area contributed by atoms with E-state index in [2.05, 4.69) is 20.0 Å². The van der Waals surface area contributed by atoms with Crippen LogP contribution in [0.1, 0.15) is 17.5 Å². The summed E-state index contributed by atoms with van der Waals surface area (Å²) in [5.74, 6) is 0.685. The van der Waals surface area contributed by atoms with Crippen LogP contribution in [0.3, 0.4) is 0 Å². The number of nitrogen functional groups attached to an aromatic ring is 1. The molecule has 0 saturated heterocycles. The highest BCUT2D eigenvalue weighted by molar-refractivity contribution is 7.91. The molecule has 0 unspecified atom stereocenters. The van der Waals surface area contributed by atoms with Gasteiger partial charge in [0.25, 0.3) is 0 Å². The smallest absolute Gasteiger partial charge is 0.240 e. The quantitative estimate of drug-likeness (QED) is 0.389. The van der Waals surface area contributed by atoms with E-state index in [1.807, 2.05) is 32.0 Å². The second kappa shape index (κ2) is 9.86. The average molecular weight is 490 g/mol. The highest BCUT2D eigenvalue weighted by atomic mass is 32.2. The van der Waals surface area contributed by atoms with Crippen molar-refractivity contribution in [3.05, 3.63) is 59.7 Å². The van der Waals surface area contributed by atoms with Gasteiger partial charge in [0.15, 0.2) is 9.84 Å². The first-order chi connectivity index (χ1) is 15.5. The van der Waals surface area contributed by atoms with Gasteiger partial charge in [-0.05, 0) is 49.6 Å². The molecule has 9 nitrogen and oxygen atoms in total. The molecule has 0 aliphatic carbocycles. The van der Waals surface area contributed by atoms with Crippen LogP contribution in [0.5, 0.6) is 0 Å². The zero-order valence-corrected chi connectivity index (χ0v) is 20.3. The van der Waals surface area contributed by atoms with E-state index in [0.29, 0.717) is 24.5 Å². The largest absolute Gasteiger partial charge is 0.370 e. The van der Waals surface area contributed by atoms with Crippen LogP contribution in [-0.2, 0) is 19.9 Å². The summed E-state index contributed by atoms with van der Waals surface area (Å²) in [6.07, 6.45) is 1.50. The maximum absolute atomic E-state index is 12.5. The summed E-state index contributed by atoms with van der Waals surface area (Å²) in [5, 5.41) is 3.14. The van der Waals surface area contributed by atoms with Gasteiger partial charge in [-0.1, -0.05) is 24.3 Å². The molecular formula is C22H27N5O4S2. The van der Waals surface area contributed by atoms with Crippen molar-refractivity contribution >= 4 is 31.6 Å². The number of aromatic nitrogens is 2. The number of sulfonamides is 1. The first kappa shape index (κ1) is 24.6. The predicted molar refractivity (Wildman–Crippen MR) is 129 cm³/mol. The van der Waals surface area contributed by atoms with Gasteiger partial charge in [-0.25, -0.2) is 26.5 Å². The summed E-state index contributed by atoms with van der Waals surface area (Å²) in [6, 6.07) is 13.0. The first-order valence-corrected chi connectivity index (χ1v) is 13.6. The van der Waals surface area contributed by atoms with Crippen molar-refractivity contribution in [1.29, 1.82) is 0 Å². The maximum Gasteiger partial charge on any atom is 0.240 e. The number of hydrogen-bond acceptors (Lipinski definition) is 8. The minimum atomic E-state index is -3.83. The van der Waals surface area contributed by atoms with Crippen LogP contribution < -0.4 is 15.8 Å². The molecule has 0 spiro atoms. The van der Waals surface area contributed by atoms with Crippen molar-refractivity contribution in [3.63, 3.8) is 0 Å². The standard InChI is InChI=1S/C22H27N5O4S2/c1-15-7-4-10-19(16(15)2)20-14-21(27-22(23)26-20)24-11-6-12-25-33(30,31)18-9-5-8-17(13-18)32(3,28)29/h4-5,7-10,13-14,25H,6,11-12H2,1-3H3,(H3,23,24,26,27). The third-order valence-electron chi connectivity index (χ3n) is 5.12. The van der Waals surface area contributed by atoms with Crippen molar-refractivity contribution in [2.75, 3.05) is 30.4 Å². The molecule has 11 heteroatoms. The van der Waals surface area contributed by atoms with Gasteiger partial charge in [-0.3, -0.25) is 0 Å². The van der Waals surface area contributed by atoms with E-state index in [0.717, 1.165) is 29.0 Å². The van der Waals surface area contributed by atoms with Crippen LogP contribution in [0.4, 0.5) is 11.8 Å². The molecular weight excluding hydrogens is 462 g/mol. The van der Waals surface area contributed by atoms with Crippen LogP contribution in [0.15, 0.2) is 58.3 Å². The number of nitrogens with two attached hydrogens (primary N) is 1. The molecule has 1 aromatic heterocycles. The van der Waals surface area contributed by atoms with Gasteiger partial charge >= 0.3 is 0 Å². The number of rotatable bonds is 9. The van der Waals surface area contributed by atoms with Gasteiger partial charge in [0.2, 0.25) is 16.0 Å². The van der Waals surface area contributed by atoms with E-state index in [1.54, 1.807) is 6.07 Å². The SMILES string of the molecule is Cc1cccc(-c2cc(NCCCNS(=O)(=O)c3cccc(S(C)(=O)=O)c3)nc(N)n2)c1C. The molecule has 0 aliphatic heterocycles. The Morgan fingerprint density at radius 1 is 0.909 bits per heavy atom. The third-order valence-corrected chi connectivity index (χ3v) is 7.69. The van der Waals surface area contributed by atoms with Crippen LogP contribution >= 0.6 is 0 Å². The zero-order chi connectivity index (χ0) is 24.2. The number of hydrogen-bond donors (Lipinski definition) is 3. The predicted octanol–water partition coefficient (Wildman–Crippen LogP) is 2.53. The first-order valence-electron chi connectivity index (χ1n) is 10.2. The van der Waals surface area contributed by atoms with Crippen molar-refractivity contribution in [2.45, 2.75) is 30.1 Å². The lowest BCUT2D eigenvalue weighted by molar-refractivity contribution is 0.579. The van der Waals surface area contributed by atoms with Crippen LogP contribution in [-0.4, -0.2) is 46.1 Å². The number of nitrogens with zero attached hydrogens (tertiary/aromatic N) is 2. The molecule has 0 aliphatic rings. The Bertz CT molecular complexity index is 1370. The molecule has 1 heterocycles. The number of nitrogens with one attached hydrogen (secondary N) is 2. The average Bonchev–Trinajstić information content (AvgIpc) is 2.74. The van der Waals surface area contributed by atoms with E-state index in [-0.39, 0.29) is 22.3 Å². The van der Waals surface area contributed by atoms with Gasteiger partial charge in [-0.2, -0.15) is 4.98 Å². The second-order valence-corrected chi connectivity index (χ2v) is 11.5. The summed E-state index contributed by atoms with van der Waals surface area (Å²) in [4.78, 5) is 8.39. The van der Waals surface area contributed by atoms with Crippen LogP contribution in [0.2, 0.25) is 0 Å². The monoisotopic (exact) mass is 489 g/mol. The number of benzene rings is 2. The molecule has 0 radical (unpaired) electrons. The third kappa shape index (κ3) is 6.28. The normalized spacial score (nSPS) is 12.0. The Labute approximate surface area is 194 Å². The molecule has 3 aromatic rings. The maximum atomic E-state index is 12.5. The summed E-state index contributed by atoms with van der Waals surface area (Å²) >= 11 is 0. The van der Waals surface area contributed by atoms with Crippen molar-refractivity contribution in [1.82, 2.24) is 14.7 Å². The summed E-state index contributed by atoms with van der Waals surface area (Å²) in [6.45, 7) is 4.65. The van der Waals surface area contributed by atoms with Crippen molar-refractivity contribution in [3.8, 4) is 11.3 Å². The van der Waals surface area contributed by atoms with Crippen molar-refractivity contribution in [2.24, 2.45) is 0 Å². The fraction of sp³-hybridized carbons (Fsp3) is 0.273. The molecule has 3 rings (SSSR count). The summed E-state index contributed by atoms with van der Waals surface area (Å²) < 4.78 is 50.8. The molecule has 0 bridgehead atoms. The molecule has 0 fully saturated rings. The lowest BCUT2D eigenvalue weighted by atomic mass is 10.0. The van der Waals surface area contributed by atoms with E-state index in [1.165, 1.54) is 18.2 Å². The Hall–Kier alpha value is -3.02. The van der Waals surface area contributed by atoms with Gasteiger partial charge in [0, 0.05) is 31.0 Å². The molecule has 2 aromatic carbocycles. The molecule has 0 amide bonds. The fourth-order valence-electron chi connectivity index (χ4n) is 3.19.